The second-order valence-electron chi connectivity index (χ2n) is 4.37. The fourth-order valence-corrected chi connectivity index (χ4v) is 2.31. The first-order chi connectivity index (χ1) is 9.74. The third-order valence-electron chi connectivity index (χ3n) is 3.23. The molecule has 1 aromatic heterocycles. The van der Waals surface area contributed by atoms with Crippen molar-refractivity contribution in [3.63, 3.8) is 0 Å². The van der Waals surface area contributed by atoms with Crippen LogP contribution in [0.3, 0.4) is 0 Å². The van der Waals surface area contributed by atoms with Gasteiger partial charge in [-0.2, -0.15) is 4.57 Å². The van der Waals surface area contributed by atoms with Gasteiger partial charge in [-0.25, -0.2) is 0 Å². The predicted molar refractivity (Wildman–Crippen MR) is 72.0 cm³/mol. The Morgan fingerprint density at radius 2 is 1.45 bits per heavy atom. The van der Waals surface area contributed by atoms with E-state index in [2.05, 4.69) is 0 Å². The van der Waals surface area contributed by atoms with E-state index < -0.39 is 0 Å². The summed E-state index contributed by atoms with van der Waals surface area (Å²) < 4.78 is 6.79. The normalized spacial score (nSPS) is 14.2. The number of nitrogens with zero attached hydrogens (tertiary/aromatic N) is 1. The lowest BCUT2D eigenvalue weighted by Gasteiger charge is -2.15. The average Bonchev–Trinajstić information content (AvgIpc) is 2.51. The van der Waals surface area contributed by atoms with Gasteiger partial charge in [0.25, 0.3) is 5.78 Å². The molecule has 4 nitrogen and oxygen atoms in total. The minimum absolute atomic E-state index is 0.0740. The molecule has 0 amide bonds. The van der Waals surface area contributed by atoms with Gasteiger partial charge in [-0.15, -0.1) is 0 Å². The molecular weight excluding hydrogens is 254 g/mol. The molecule has 0 fully saturated rings. The molecule has 0 N–H and O–H groups in total. The van der Waals surface area contributed by atoms with Crippen LogP contribution >= 0.6 is 0 Å². The van der Waals surface area contributed by atoms with Gasteiger partial charge in [-0.05, 0) is 0 Å². The van der Waals surface area contributed by atoms with E-state index in [1.54, 1.807) is 53.4 Å². The molecule has 3 rings (SSSR count). The van der Waals surface area contributed by atoms with Crippen LogP contribution in [0, 0.1) is 0 Å². The van der Waals surface area contributed by atoms with E-state index in [4.69, 9.17) is 4.74 Å². The van der Waals surface area contributed by atoms with Gasteiger partial charge in [0.15, 0.2) is 12.4 Å². The molecule has 2 aromatic rings. The highest BCUT2D eigenvalue weighted by Crippen LogP contribution is 2.26. The zero-order chi connectivity index (χ0) is 14.1. The van der Waals surface area contributed by atoms with Crippen LogP contribution in [0.15, 0.2) is 60.6 Å². The number of carbonyl (C=O) groups excluding carboxylic acids is 2. The van der Waals surface area contributed by atoms with Crippen molar-refractivity contribution in [2.45, 2.75) is 0 Å². The number of ether oxygens (including phenoxy) is 1. The molecule has 0 unspecified atom stereocenters. The van der Waals surface area contributed by atoms with Crippen molar-refractivity contribution in [3.8, 4) is 0 Å². The minimum Gasteiger partial charge on any atom is -0.487 e. The summed E-state index contributed by atoms with van der Waals surface area (Å²) in [5, 5.41) is 0. The topological polar surface area (TPSA) is 47.2 Å². The smallest absolute Gasteiger partial charge is 0.305 e. The summed E-state index contributed by atoms with van der Waals surface area (Å²) >= 11 is 0. The Morgan fingerprint density at radius 1 is 0.850 bits per heavy atom. The second kappa shape index (κ2) is 4.74. The summed E-state index contributed by atoms with van der Waals surface area (Å²) in [7, 11) is 1.40. The highest BCUT2D eigenvalue weighted by atomic mass is 16.5. The molecule has 20 heavy (non-hydrogen) atoms. The van der Waals surface area contributed by atoms with Crippen LogP contribution in [0.5, 0.6) is 0 Å². The van der Waals surface area contributed by atoms with Crippen molar-refractivity contribution in [1.29, 1.82) is 0 Å². The number of ketones is 2. The fraction of sp³-hybridized carbons (Fsp3) is 0.0625. The average molecular weight is 266 g/mol. The highest BCUT2D eigenvalue weighted by Gasteiger charge is 2.39. The van der Waals surface area contributed by atoms with E-state index in [0.29, 0.717) is 11.1 Å². The van der Waals surface area contributed by atoms with Crippen LogP contribution in [0.4, 0.5) is 0 Å². The van der Waals surface area contributed by atoms with Gasteiger partial charge < -0.3 is 4.74 Å². The first kappa shape index (κ1) is 12.3. The predicted octanol–water partition coefficient (Wildman–Crippen LogP) is 1.87. The van der Waals surface area contributed by atoms with E-state index in [-0.39, 0.29) is 23.0 Å². The largest absolute Gasteiger partial charge is 0.487 e. The van der Waals surface area contributed by atoms with Gasteiger partial charge in [0, 0.05) is 23.3 Å². The Bertz CT molecular complexity index is 732. The molecule has 0 saturated carbocycles. The second-order valence-corrected chi connectivity index (χ2v) is 4.37. The summed E-state index contributed by atoms with van der Waals surface area (Å²) in [4.78, 5) is 25.0. The van der Waals surface area contributed by atoms with Crippen molar-refractivity contribution >= 4 is 17.3 Å². The molecule has 0 atom stereocenters. The lowest BCUT2D eigenvalue weighted by molar-refractivity contribution is -0.578. The van der Waals surface area contributed by atoms with Crippen LogP contribution in [-0.2, 0) is 4.74 Å². The Hall–Kier alpha value is -2.75. The van der Waals surface area contributed by atoms with Gasteiger partial charge >= 0.3 is 5.70 Å². The maximum atomic E-state index is 12.6. The van der Waals surface area contributed by atoms with E-state index in [0.717, 1.165) is 0 Å². The van der Waals surface area contributed by atoms with Gasteiger partial charge in [-0.3, -0.25) is 9.59 Å². The molecule has 1 aliphatic carbocycles. The van der Waals surface area contributed by atoms with Crippen LogP contribution in [0.25, 0.3) is 5.70 Å². The van der Waals surface area contributed by atoms with Crippen LogP contribution in [0.1, 0.15) is 20.7 Å². The first-order valence-electron chi connectivity index (χ1n) is 6.17. The summed E-state index contributed by atoms with van der Waals surface area (Å²) in [6, 6.07) is 12.2. The monoisotopic (exact) mass is 266 g/mol. The molecule has 1 aromatic carbocycles. The number of Topliss-reactive ketones (excluding diaryl/α,β-unsaturated/α-hetero) is 2. The number of rotatable bonds is 2. The quantitative estimate of drug-likeness (QED) is 0.780. The third-order valence-corrected chi connectivity index (χ3v) is 3.23. The van der Waals surface area contributed by atoms with Crippen molar-refractivity contribution in [2.75, 3.05) is 7.11 Å². The first-order valence-corrected chi connectivity index (χ1v) is 6.17. The van der Waals surface area contributed by atoms with Crippen LogP contribution in [-0.4, -0.2) is 18.7 Å². The molecule has 0 aliphatic heterocycles. The van der Waals surface area contributed by atoms with Gasteiger partial charge in [0.05, 0.1) is 7.11 Å². The number of allylic oxidation sites excluding steroid dienone is 2. The van der Waals surface area contributed by atoms with Crippen molar-refractivity contribution < 1.29 is 18.9 Å². The van der Waals surface area contributed by atoms with Gasteiger partial charge in [0.1, 0.15) is 0 Å². The Labute approximate surface area is 115 Å². The van der Waals surface area contributed by atoms with Crippen LogP contribution < -0.4 is 4.57 Å². The summed E-state index contributed by atoms with van der Waals surface area (Å²) in [5.74, 6) is -0.410. The van der Waals surface area contributed by atoms with E-state index in [9.17, 15) is 9.59 Å². The van der Waals surface area contributed by atoms with Crippen molar-refractivity contribution in [1.82, 2.24) is 0 Å². The number of methoxy groups -OCH3 is 1. The Kier molecular flexibility index (Phi) is 2.91. The zero-order valence-corrected chi connectivity index (χ0v) is 10.9. The van der Waals surface area contributed by atoms with E-state index >= 15 is 0 Å². The summed E-state index contributed by atoms with van der Waals surface area (Å²) in [6.07, 6.45) is 3.43. The maximum Gasteiger partial charge on any atom is 0.305 e. The fourth-order valence-electron chi connectivity index (χ4n) is 2.31. The molecule has 0 spiro atoms. The lowest BCUT2D eigenvalue weighted by atomic mass is 9.91. The lowest BCUT2D eigenvalue weighted by Crippen LogP contribution is -2.40. The number of pyridine rings is 1. The maximum absolute atomic E-state index is 12.6. The highest BCUT2D eigenvalue weighted by molar-refractivity contribution is 6.34. The van der Waals surface area contributed by atoms with E-state index in [1.807, 2.05) is 6.07 Å². The summed E-state index contributed by atoms with van der Waals surface area (Å²) in [6.45, 7) is 0. The van der Waals surface area contributed by atoms with Gasteiger partial charge in [0.2, 0.25) is 11.5 Å². The standard InChI is InChI=1S/C16H12NO3/c1-20-16-13(17-9-5-2-6-10-17)14(18)11-7-3-4-8-12(11)15(16)19/h2-10H,1H3/q+1. The molecule has 98 valence electrons. The number of benzene rings is 1. The molecule has 4 heteroatoms. The minimum atomic E-state index is -0.269. The SMILES string of the molecule is COC1=C([n+]2ccccc2)C(=O)c2ccccc2C1=O. The molecule has 0 saturated heterocycles. The molecule has 1 heterocycles. The third kappa shape index (κ3) is 1.73. The van der Waals surface area contributed by atoms with Gasteiger partial charge in [-0.1, -0.05) is 30.3 Å². The van der Waals surface area contributed by atoms with E-state index in [1.165, 1.54) is 7.11 Å². The number of carbonyl (C=O) groups is 2. The van der Waals surface area contributed by atoms with Crippen molar-refractivity contribution in [3.05, 3.63) is 71.7 Å². The molecule has 0 radical (unpaired) electrons. The summed E-state index contributed by atoms with van der Waals surface area (Å²) in [5.41, 5.74) is 1.04. The number of hydrogen-bond donors (Lipinski definition) is 0. The Balaban J connectivity index is 2.27. The molecule has 0 bridgehead atoms. The molecule has 1 aliphatic rings. The number of fused-ring (bicyclic) bond motifs is 1. The van der Waals surface area contributed by atoms with Crippen LogP contribution in [0.2, 0.25) is 0 Å². The van der Waals surface area contributed by atoms with Crippen molar-refractivity contribution in [2.24, 2.45) is 0 Å². The Morgan fingerprint density at radius 3 is 2.05 bits per heavy atom. The number of hydrogen-bond acceptors (Lipinski definition) is 3. The zero-order valence-electron chi connectivity index (χ0n) is 10.9. The number of aromatic nitrogens is 1. The molecular formula is C16H12NO3+.